The molecule has 0 saturated carbocycles. The summed E-state index contributed by atoms with van der Waals surface area (Å²) in [6.45, 7) is 5.37. The number of benzene rings is 1. The number of hydrogen-bond acceptors (Lipinski definition) is 2. The van der Waals surface area contributed by atoms with Gasteiger partial charge in [0, 0.05) is 26.4 Å². The first kappa shape index (κ1) is 14.5. The van der Waals surface area contributed by atoms with Crippen LogP contribution in [0, 0.1) is 0 Å². The summed E-state index contributed by atoms with van der Waals surface area (Å²) in [6, 6.07) is 7.81. The van der Waals surface area contributed by atoms with E-state index in [4.69, 9.17) is 4.74 Å². The van der Waals surface area contributed by atoms with Crippen molar-refractivity contribution in [2.75, 3.05) is 32.6 Å². The zero-order chi connectivity index (χ0) is 13.5. The average molecular weight is 250 g/mol. The molecule has 0 aliphatic rings. The van der Waals surface area contributed by atoms with Gasteiger partial charge in [0.25, 0.3) is 0 Å². The number of methoxy groups -OCH3 is 1. The van der Waals surface area contributed by atoms with E-state index in [1.54, 1.807) is 19.1 Å². The van der Waals surface area contributed by atoms with Gasteiger partial charge in [0.15, 0.2) is 0 Å². The molecule has 0 aliphatic carbocycles. The number of urea groups is 1. The molecule has 18 heavy (non-hydrogen) atoms. The molecule has 0 radical (unpaired) electrons. The Morgan fingerprint density at radius 3 is 2.78 bits per heavy atom. The predicted molar refractivity (Wildman–Crippen MR) is 74.1 cm³/mol. The lowest BCUT2D eigenvalue weighted by atomic mass is 10.0. The van der Waals surface area contributed by atoms with Crippen molar-refractivity contribution in [3.05, 3.63) is 29.8 Å². The van der Waals surface area contributed by atoms with Crippen LogP contribution in [0.1, 0.15) is 25.3 Å². The van der Waals surface area contributed by atoms with E-state index in [0.29, 0.717) is 19.1 Å². The van der Waals surface area contributed by atoms with E-state index >= 15 is 0 Å². The molecule has 0 saturated heterocycles. The minimum absolute atomic E-state index is 0.118. The number of rotatable bonds is 5. The molecule has 0 aliphatic heterocycles. The van der Waals surface area contributed by atoms with Gasteiger partial charge < -0.3 is 15.0 Å². The second-order valence-corrected chi connectivity index (χ2v) is 4.62. The summed E-state index contributed by atoms with van der Waals surface area (Å²) in [5, 5.41) is 2.88. The van der Waals surface area contributed by atoms with Crippen LogP contribution < -0.4 is 5.32 Å². The molecule has 4 nitrogen and oxygen atoms in total. The van der Waals surface area contributed by atoms with Crippen molar-refractivity contribution in [1.29, 1.82) is 0 Å². The molecule has 1 aromatic rings. The topological polar surface area (TPSA) is 41.6 Å². The number of nitrogens with zero attached hydrogens (tertiary/aromatic N) is 1. The third-order valence-electron chi connectivity index (χ3n) is 2.78. The number of carbonyl (C=O) groups excluding carboxylic acids is 1. The summed E-state index contributed by atoms with van der Waals surface area (Å²) in [5.41, 5.74) is 2.04. The first-order valence-electron chi connectivity index (χ1n) is 6.15. The van der Waals surface area contributed by atoms with Crippen molar-refractivity contribution in [2.24, 2.45) is 0 Å². The van der Waals surface area contributed by atoms with Gasteiger partial charge in [0.1, 0.15) is 0 Å². The lowest BCUT2D eigenvalue weighted by Crippen LogP contribution is -2.33. The zero-order valence-corrected chi connectivity index (χ0v) is 11.6. The number of amides is 2. The summed E-state index contributed by atoms with van der Waals surface area (Å²) in [6.07, 6.45) is 0. The fourth-order valence-corrected chi connectivity index (χ4v) is 1.52. The number of likely N-dealkylation sites (N-methyl/N-ethyl adjacent to an activating group) is 1. The molecule has 0 aromatic heterocycles. The van der Waals surface area contributed by atoms with E-state index in [-0.39, 0.29) is 6.03 Å². The van der Waals surface area contributed by atoms with E-state index < -0.39 is 0 Å². The second kappa shape index (κ2) is 7.01. The maximum atomic E-state index is 11.9. The van der Waals surface area contributed by atoms with Gasteiger partial charge in [-0.2, -0.15) is 0 Å². The van der Waals surface area contributed by atoms with Crippen LogP contribution >= 0.6 is 0 Å². The largest absolute Gasteiger partial charge is 0.383 e. The van der Waals surface area contributed by atoms with E-state index in [1.165, 1.54) is 5.56 Å². The minimum atomic E-state index is -0.118. The lowest BCUT2D eigenvalue weighted by Gasteiger charge is -2.18. The Morgan fingerprint density at radius 1 is 1.44 bits per heavy atom. The number of carbonyl (C=O) groups is 1. The standard InChI is InChI=1S/C14H22N2O2/c1-11(2)12-6-5-7-13(10-12)15-14(17)16(3)8-9-18-4/h5-7,10-11H,8-9H2,1-4H3,(H,15,17). The number of nitrogens with one attached hydrogen (secondary N) is 1. The van der Waals surface area contributed by atoms with Crippen LogP contribution in [-0.4, -0.2) is 38.2 Å². The Kier molecular flexibility index (Phi) is 5.65. The highest BCUT2D eigenvalue weighted by molar-refractivity contribution is 5.89. The summed E-state index contributed by atoms with van der Waals surface area (Å²) >= 11 is 0. The monoisotopic (exact) mass is 250 g/mol. The molecule has 0 unspecified atom stereocenters. The molecule has 1 aromatic carbocycles. The molecule has 1 N–H and O–H groups in total. The van der Waals surface area contributed by atoms with Gasteiger partial charge in [-0.3, -0.25) is 0 Å². The average Bonchev–Trinajstić information content (AvgIpc) is 2.36. The molecule has 0 atom stereocenters. The number of ether oxygens (including phenoxy) is 1. The van der Waals surface area contributed by atoms with Crippen LogP contribution in [0.15, 0.2) is 24.3 Å². The highest BCUT2D eigenvalue weighted by Gasteiger charge is 2.08. The summed E-state index contributed by atoms with van der Waals surface area (Å²) in [4.78, 5) is 13.5. The maximum absolute atomic E-state index is 11.9. The van der Waals surface area contributed by atoms with Gasteiger partial charge >= 0.3 is 6.03 Å². The quantitative estimate of drug-likeness (QED) is 0.873. The first-order valence-corrected chi connectivity index (χ1v) is 6.15. The highest BCUT2D eigenvalue weighted by Crippen LogP contribution is 2.18. The van der Waals surface area contributed by atoms with E-state index in [9.17, 15) is 4.79 Å². The third kappa shape index (κ3) is 4.37. The van der Waals surface area contributed by atoms with E-state index in [2.05, 4.69) is 25.2 Å². The molecular formula is C14H22N2O2. The Labute approximate surface area is 109 Å². The van der Waals surface area contributed by atoms with Gasteiger partial charge in [-0.1, -0.05) is 26.0 Å². The molecule has 2 amide bonds. The molecule has 0 fully saturated rings. The third-order valence-corrected chi connectivity index (χ3v) is 2.78. The normalized spacial score (nSPS) is 10.5. The van der Waals surface area contributed by atoms with Gasteiger partial charge in [-0.15, -0.1) is 0 Å². The van der Waals surface area contributed by atoms with Crippen molar-refractivity contribution in [2.45, 2.75) is 19.8 Å². The summed E-state index contributed by atoms with van der Waals surface area (Å²) in [5.74, 6) is 0.452. The SMILES string of the molecule is COCCN(C)C(=O)Nc1cccc(C(C)C)c1. The fraction of sp³-hybridized carbons (Fsp3) is 0.500. The van der Waals surface area contributed by atoms with Crippen molar-refractivity contribution >= 4 is 11.7 Å². The van der Waals surface area contributed by atoms with E-state index in [1.807, 2.05) is 18.2 Å². The molecule has 1 rings (SSSR count). The summed E-state index contributed by atoms with van der Waals surface area (Å²) < 4.78 is 4.94. The van der Waals surface area contributed by atoms with Crippen molar-refractivity contribution in [1.82, 2.24) is 4.90 Å². The van der Waals surface area contributed by atoms with Crippen molar-refractivity contribution in [3.63, 3.8) is 0 Å². The minimum Gasteiger partial charge on any atom is -0.383 e. The Balaban J connectivity index is 2.61. The van der Waals surface area contributed by atoms with Crippen molar-refractivity contribution < 1.29 is 9.53 Å². The lowest BCUT2D eigenvalue weighted by molar-refractivity contribution is 0.165. The van der Waals surface area contributed by atoms with Crippen LogP contribution in [0.2, 0.25) is 0 Å². The van der Waals surface area contributed by atoms with Gasteiger partial charge in [-0.25, -0.2) is 4.79 Å². The van der Waals surface area contributed by atoms with Gasteiger partial charge in [0.2, 0.25) is 0 Å². The molecule has 0 spiro atoms. The fourth-order valence-electron chi connectivity index (χ4n) is 1.52. The maximum Gasteiger partial charge on any atom is 0.321 e. The molecular weight excluding hydrogens is 228 g/mol. The van der Waals surface area contributed by atoms with Crippen LogP contribution in [0.3, 0.4) is 0 Å². The summed E-state index contributed by atoms with van der Waals surface area (Å²) in [7, 11) is 3.37. The predicted octanol–water partition coefficient (Wildman–Crippen LogP) is 2.92. The van der Waals surface area contributed by atoms with Crippen LogP contribution in [0.4, 0.5) is 10.5 Å². The Morgan fingerprint density at radius 2 is 2.17 bits per heavy atom. The van der Waals surface area contributed by atoms with Gasteiger partial charge in [-0.05, 0) is 23.6 Å². The van der Waals surface area contributed by atoms with Crippen LogP contribution in [-0.2, 0) is 4.74 Å². The number of hydrogen-bond donors (Lipinski definition) is 1. The first-order chi connectivity index (χ1) is 8.54. The number of anilines is 1. The molecule has 0 bridgehead atoms. The van der Waals surface area contributed by atoms with Crippen LogP contribution in [0.5, 0.6) is 0 Å². The van der Waals surface area contributed by atoms with Crippen molar-refractivity contribution in [3.8, 4) is 0 Å². The molecule has 100 valence electrons. The highest BCUT2D eigenvalue weighted by atomic mass is 16.5. The van der Waals surface area contributed by atoms with Gasteiger partial charge in [0.05, 0.1) is 6.61 Å². The molecule has 0 heterocycles. The van der Waals surface area contributed by atoms with Crippen LogP contribution in [0.25, 0.3) is 0 Å². The smallest absolute Gasteiger partial charge is 0.321 e. The molecule has 4 heteroatoms. The zero-order valence-electron chi connectivity index (χ0n) is 11.6. The Bertz CT molecular complexity index is 391. The Hall–Kier alpha value is -1.55. The second-order valence-electron chi connectivity index (χ2n) is 4.62. The van der Waals surface area contributed by atoms with E-state index in [0.717, 1.165) is 5.69 Å².